The lowest BCUT2D eigenvalue weighted by Gasteiger charge is -2.14. The van der Waals surface area contributed by atoms with E-state index in [4.69, 9.17) is 5.11 Å². The summed E-state index contributed by atoms with van der Waals surface area (Å²) in [5.74, 6) is 0.494. The van der Waals surface area contributed by atoms with Crippen LogP contribution in [0.15, 0.2) is 29.2 Å². The summed E-state index contributed by atoms with van der Waals surface area (Å²) in [6.07, 6.45) is 1.93. The van der Waals surface area contributed by atoms with Gasteiger partial charge < -0.3 is 10.4 Å². The third kappa shape index (κ3) is 5.10. The predicted octanol–water partition coefficient (Wildman–Crippen LogP) is 2.58. The third-order valence-corrected chi connectivity index (χ3v) is 3.80. The molecule has 3 nitrogen and oxygen atoms in total. The van der Waals surface area contributed by atoms with Gasteiger partial charge in [-0.1, -0.05) is 26.0 Å². The topological polar surface area (TPSA) is 49.3 Å². The highest BCUT2D eigenvalue weighted by atomic mass is 32.2. The van der Waals surface area contributed by atoms with Crippen LogP contribution in [0.2, 0.25) is 0 Å². The number of benzene rings is 1. The number of hydrogen-bond donors (Lipinski definition) is 2. The molecule has 1 aromatic rings. The fraction of sp³-hybridized carbons (Fsp3) is 0.500. The largest absolute Gasteiger partial charge is 0.392 e. The van der Waals surface area contributed by atoms with Crippen LogP contribution in [0.4, 0.5) is 0 Å². The Bertz CT molecular complexity index is 378. The number of aliphatic hydroxyl groups is 1. The van der Waals surface area contributed by atoms with Crippen LogP contribution in [-0.2, 0) is 11.4 Å². The first-order chi connectivity index (χ1) is 8.69. The van der Waals surface area contributed by atoms with Gasteiger partial charge in [0.25, 0.3) is 0 Å². The van der Waals surface area contributed by atoms with E-state index in [1.807, 2.05) is 24.3 Å². The SMILES string of the molecule is CCC(CC)NC(=O)CSc1cccc(CO)c1. The van der Waals surface area contributed by atoms with E-state index < -0.39 is 0 Å². The van der Waals surface area contributed by atoms with Gasteiger partial charge in [-0.05, 0) is 30.5 Å². The molecule has 0 saturated carbocycles. The molecule has 0 spiro atoms. The Balaban J connectivity index is 2.42. The molecule has 1 amide bonds. The van der Waals surface area contributed by atoms with Gasteiger partial charge in [0.2, 0.25) is 5.91 Å². The maximum absolute atomic E-state index is 11.7. The molecule has 1 aromatic carbocycles. The zero-order chi connectivity index (χ0) is 13.4. The summed E-state index contributed by atoms with van der Waals surface area (Å²) in [5.41, 5.74) is 0.875. The molecule has 0 radical (unpaired) electrons. The van der Waals surface area contributed by atoms with Crippen molar-refractivity contribution in [1.82, 2.24) is 5.32 Å². The van der Waals surface area contributed by atoms with Crippen molar-refractivity contribution in [3.8, 4) is 0 Å². The molecule has 0 saturated heterocycles. The van der Waals surface area contributed by atoms with Gasteiger partial charge in [0.15, 0.2) is 0 Å². The summed E-state index contributed by atoms with van der Waals surface area (Å²) in [6, 6.07) is 7.91. The Morgan fingerprint density at radius 2 is 2.11 bits per heavy atom. The number of thioether (sulfide) groups is 1. The van der Waals surface area contributed by atoms with Gasteiger partial charge in [-0.15, -0.1) is 11.8 Å². The molecule has 0 aliphatic carbocycles. The van der Waals surface area contributed by atoms with Crippen molar-refractivity contribution < 1.29 is 9.90 Å². The van der Waals surface area contributed by atoms with Crippen LogP contribution in [0.3, 0.4) is 0 Å². The minimum Gasteiger partial charge on any atom is -0.392 e. The lowest BCUT2D eigenvalue weighted by molar-refractivity contribution is -0.119. The minimum absolute atomic E-state index is 0.0361. The lowest BCUT2D eigenvalue weighted by Crippen LogP contribution is -2.34. The summed E-state index contributed by atoms with van der Waals surface area (Å²) < 4.78 is 0. The van der Waals surface area contributed by atoms with Gasteiger partial charge in [0.1, 0.15) is 0 Å². The second-order valence-corrected chi connectivity index (χ2v) is 5.22. The van der Waals surface area contributed by atoms with Crippen molar-refractivity contribution in [3.63, 3.8) is 0 Å². The van der Waals surface area contributed by atoms with Crippen LogP contribution in [-0.4, -0.2) is 22.8 Å². The van der Waals surface area contributed by atoms with Gasteiger partial charge in [-0.25, -0.2) is 0 Å². The van der Waals surface area contributed by atoms with Gasteiger partial charge in [0, 0.05) is 10.9 Å². The Labute approximate surface area is 113 Å². The van der Waals surface area contributed by atoms with Gasteiger partial charge in [-0.2, -0.15) is 0 Å². The molecule has 0 aliphatic rings. The molecule has 0 aliphatic heterocycles. The van der Waals surface area contributed by atoms with E-state index in [9.17, 15) is 4.79 Å². The molecule has 0 bridgehead atoms. The number of carbonyl (C=O) groups is 1. The average molecular weight is 267 g/mol. The first kappa shape index (κ1) is 15.1. The Morgan fingerprint density at radius 3 is 2.72 bits per heavy atom. The second-order valence-electron chi connectivity index (χ2n) is 4.18. The van der Waals surface area contributed by atoms with Crippen LogP contribution in [0, 0.1) is 0 Å². The number of nitrogens with one attached hydrogen (secondary N) is 1. The molecular weight excluding hydrogens is 246 g/mol. The monoisotopic (exact) mass is 267 g/mol. The van der Waals surface area contributed by atoms with Crippen molar-refractivity contribution in [1.29, 1.82) is 0 Å². The molecule has 100 valence electrons. The quantitative estimate of drug-likeness (QED) is 0.747. The minimum atomic E-state index is 0.0361. The van der Waals surface area contributed by atoms with E-state index in [2.05, 4.69) is 19.2 Å². The van der Waals surface area contributed by atoms with Gasteiger partial charge in [0.05, 0.1) is 12.4 Å². The zero-order valence-electron chi connectivity index (χ0n) is 11.0. The van der Waals surface area contributed by atoms with E-state index in [-0.39, 0.29) is 18.6 Å². The van der Waals surface area contributed by atoms with Crippen LogP contribution in [0.1, 0.15) is 32.3 Å². The number of carbonyl (C=O) groups excluding carboxylic acids is 1. The Hall–Kier alpha value is -1.00. The third-order valence-electron chi connectivity index (χ3n) is 2.80. The summed E-state index contributed by atoms with van der Waals surface area (Å²) >= 11 is 1.50. The number of hydrogen-bond acceptors (Lipinski definition) is 3. The fourth-order valence-electron chi connectivity index (χ4n) is 1.64. The maximum Gasteiger partial charge on any atom is 0.230 e. The molecule has 0 heterocycles. The van der Waals surface area contributed by atoms with Crippen molar-refractivity contribution in [3.05, 3.63) is 29.8 Å². The zero-order valence-corrected chi connectivity index (χ0v) is 11.8. The van der Waals surface area contributed by atoms with Crippen molar-refractivity contribution in [2.75, 3.05) is 5.75 Å². The standard InChI is InChI=1S/C14H21NO2S/c1-3-12(4-2)15-14(17)10-18-13-7-5-6-11(8-13)9-16/h5-8,12,16H,3-4,9-10H2,1-2H3,(H,15,17). The van der Waals surface area contributed by atoms with Crippen LogP contribution in [0.25, 0.3) is 0 Å². The summed E-state index contributed by atoms with van der Waals surface area (Å²) in [7, 11) is 0. The molecule has 4 heteroatoms. The molecule has 18 heavy (non-hydrogen) atoms. The van der Waals surface area contributed by atoms with E-state index in [1.54, 1.807) is 0 Å². The van der Waals surface area contributed by atoms with Crippen LogP contribution in [0.5, 0.6) is 0 Å². The molecule has 0 atom stereocenters. The van der Waals surface area contributed by atoms with Crippen molar-refractivity contribution >= 4 is 17.7 Å². The number of aliphatic hydroxyl groups excluding tert-OH is 1. The summed E-state index contributed by atoms with van der Waals surface area (Å²) in [6.45, 7) is 4.19. The number of amides is 1. The highest BCUT2D eigenvalue weighted by molar-refractivity contribution is 8.00. The van der Waals surface area contributed by atoms with Crippen molar-refractivity contribution in [2.45, 2.75) is 44.2 Å². The van der Waals surface area contributed by atoms with Gasteiger partial charge >= 0.3 is 0 Å². The van der Waals surface area contributed by atoms with E-state index in [0.29, 0.717) is 5.75 Å². The molecular formula is C14H21NO2S. The molecule has 0 aromatic heterocycles. The smallest absolute Gasteiger partial charge is 0.230 e. The lowest BCUT2D eigenvalue weighted by atomic mass is 10.2. The highest BCUT2D eigenvalue weighted by Crippen LogP contribution is 2.19. The normalized spacial score (nSPS) is 10.7. The van der Waals surface area contributed by atoms with Crippen LogP contribution < -0.4 is 5.32 Å². The maximum atomic E-state index is 11.7. The fourth-order valence-corrected chi connectivity index (χ4v) is 2.44. The van der Waals surface area contributed by atoms with E-state index in [0.717, 1.165) is 23.3 Å². The molecule has 2 N–H and O–H groups in total. The van der Waals surface area contributed by atoms with Gasteiger partial charge in [-0.3, -0.25) is 4.79 Å². The number of rotatable bonds is 7. The molecule has 0 unspecified atom stereocenters. The van der Waals surface area contributed by atoms with E-state index in [1.165, 1.54) is 11.8 Å². The summed E-state index contributed by atoms with van der Waals surface area (Å²) in [5, 5.41) is 12.0. The summed E-state index contributed by atoms with van der Waals surface area (Å²) in [4.78, 5) is 12.7. The first-order valence-corrected chi connectivity index (χ1v) is 7.30. The molecule has 0 fully saturated rings. The first-order valence-electron chi connectivity index (χ1n) is 6.31. The Kier molecular flexibility index (Phi) is 6.83. The molecule has 1 rings (SSSR count). The van der Waals surface area contributed by atoms with Crippen molar-refractivity contribution in [2.24, 2.45) is 0 Å². The predicted molar refractivity (Wildman–Crippen MR) is 75.6 cm³/mol. The highest BCUT2D eigenvalue weighted by Gasteiger charge is 2.08. The Morgan fingerprint density at radius 1 is 1.39 bits per heavy atom. The van der Waals surface area contributed by atoms with Crippen LogP contribution >= 0.6 is 11.8 Å². The average Bonchev–Trinajstić information content (AvgIpc) is 2.42. The second kappa shape index (κ2) is 8.16. The van der Waals surface area contributed by atoms with E-state index >= 15 is 0 Å².